The highest BCUT2D eigenvalue weighted by molar-refractivity contribution is 5.36. The summed E-state index contributed by atoms with van der Waals surface area (Å²) in [5, 5.41) is 7.99. The molecule has 2 aromatic heterocycles. The topological polar surface area (TPSA) is 59.0 Å². The van der Waals surface area contributed by atoms with Gasteiger partial charge in [-0.2, -0.15) is 4.98 Å². The van der Waals surface area contributed by atoms with Crippen molar-refractivity contribution in [2.24, 2.45) is 0 Å². The largest absolute Gasteiger partial charge is 0.265 e. The molecule has 2 heterocycles. The van der Waals surface area contributed by atoms with Gasteiger partial charge in [-0.15, -0.1) is 0 Å². The third-order valence-corrected chi connectivity index (χ3v) is 2.82. The van der Waals surface area contributed by atoms with E-state index in [4.69, 9.17) is 5.41 Å². The minimum absolute atomic E-state index is 0.183. The lowest BCUT2D eigenvalue weighted by molar-refractivity contribution is 0.717. The number of rotatable bonds is 1. The molecule has 0 saturated carbocycles. The van der Waals surface area contributed by atoms with Crippen molar-refractivity contribution >= 4 is 5.78 Å². The number of hydrogen-bond acceptors (Lipinski definition) is 3. The summed E-state index contributed by atoms with van der Waals surface area (Å²) in [7, 11) is 0. The van der Waals surface area contributed by atoms with Gasteiger partial charge in [-0.25, -0.2) is 14.2 Å². The third-order valence-electron chi connectivity index (χ3n) is 2.82. The molecule has 0 bridgehead atoms. The summed E-state index contributed by atoms with van der Waals surface area (Å²) in [6.45, 7) is 3.92. The lowest BCUT2D eigenvalue weighted by Crippen LogP contribution is -2.19. The van der Waals surface area contributed by atoms with Crippen LogP contribution in [0, 0.1) is 19.3 Å². The monoisotopic (exact) mass is 239 g/mol. The van der Waals surface area contributed by atoms with Gasteiger partial charge in [-0.3, -0.25) is 5.41 Å². The molecule has 0 unspecified atom stereocenters. The third kappa shape index (κ3) is 1.52. The molecule has 5 nitrogen and oxygen atoms in total. The summed E-state index contributed by atoms with van der Waals surface area (Å²) < 4.78 is 3.60. The van der Waals surface area contributed by atoms with Crippen LogP contribution in [-0.4, -0.2) is 19.2 Å². The summed E-state index contributed by atoms with van der Waals surface area (Å²) in [5.41, 5.74) is 3.00. The van der Waals surface area contributed by atoms with Crippen LogP contribution in [0.3, 0.4) is 0 Å². The lowest BCUT2D eigenvalue weighted by Gasteiger charge is -2.08. The van der Waals surface area contributed by atoms with E-state index < -0.39 is 0 Å². The Morgan fingerprint density at radius 2 is 1.78 bits per heavy atom. The number of para-hydroxylation sites is 1. The van der Waals surface area contributed by atoms with Crippen LogP contribution in [0.1, 0.15) is 11.4 Å². The van der Waals surface area contributed by atoms with E-state index in [0.717, 1.165) is 17.1 Å². The van der Waals surface area contributed by atoms with Crippen LogP contribution in [0.15, 0.2) is 36.4 Å². The van der Waals surface area contributed by atoms with Gasteiger partial charge in [0.2, 0.25) is 5.62 Å². The number of benzene rings is 1. The van der Waals surface area contributed by atoms with Crippen molar-refractivity contribution in [3.63, 3.8) is 0 Å². The molecule has 0 saturated heterocycles. The quantitative estimate of drug-likeness (QED) is 0.701. The fourth-order valence-corrected chi connectivity index (χ4v) is 2.12. The molecule has 0 fully saturated rings. The first-order chi connectivity index (χ1) is 8.66. The maximum atomic E-state index is 7.99. The molecule has 0 amide bonds. The second kappa shape index (κ2) is 3.80. The first-order valence-corrected chi connectivity index (χ1v) is 5.73. The molecule has 0 aliphatic rings. The Morgan fingerprint density at radius 3 is 2.50 bits per heavy atom. The van der Waals surface area contributed by atoms with E-state index in [-0.39, 0.29) is 5.62 Å². The number of aryl methyl sites for hydroxylation is 2. The fraction of sp³-hybridized carbons (Fsp3) is 0.154. The van der Waals surface area contributed by atoms with Crippen molar-refractivity contribution < 1.29 is 0 Å². The average molecular weight is 239 g/mol. The molecule has 0 atom stereocenters. The summed E-state index contributed by atoms with van der Waals surface area (Å²) in [4.78, 5) is 8.55. The second-order valence-electron chi connectivity index (χ2n) is 4.23. The first-order valence-electron chi connectivity index (χ1n) is 5.73. The zero-order valence-corrected chi connectivity index (χ0v) is 10.3. The van der Waals surface area contributed by atoms with Crippen LogP contribution >= 0.6 is 0 Å². The average Bonchev–Trinajstić information content (AvgIpc) is 2.66. The highest BCUT2D eigenvalue weighted by Crippen LogP contribution is 2.09. The Morgan fingerprint density at radius 1 is 1.06 bits per heavy atom. The van der Waals surface area contributed by atoms with E-state index >= 15 is 0 Å². The highest BCUT2D eigenvalue weighted by atomic mass is 15.4. The van der Waals surface area contributed by atoms with Gasteiger partial charge in [0.05, 0.1) is 5.69 Å². The number of fused-ring (bicyclic) bond motifs is 1. The van der Waals surface area contributed by atoms with Crippen LogP contribution in [0.2, 0.25) is 0 Å². The molecular formula is C13H13N5. The number of nitrogens with one attached hydrogen (secondary N) is 1. The number of aromatic nitrogens is 4. The molecule has 0 radical (unpaired) electrons. The summed E-state index contributed by atoms with van der Waals surface area (Å²) in [6, 6.07) is 11.7. The van der Waals surface area contributed by atoms with Crippen molar-refractivity contribution in [2.45, 2.75) is 13.8 Å². The zero-order chi connectivity index (χ0) is 12.7. The lowest BCUT2D eigenvalue weighted by atomic mass is 10.3. The van der Waals surface area contributed by atoms with Crippen molar-refractivity contribution in [3.05, 3.63) is 53.4 Å². The molecule has 90 valence electrons. The van der Waals surface area contributed by atoms with Crippen LogP contribution in [0.25, 0.3) is 11.5 Å². The Bertz CT molecular complexity index is 767. The van der Waals surface area contributed by atoms with Crippen molar-refractivity contribution in [3.8, 4) is 5.69 Å². The molecule has 5 heteroatoms. The first kappa shape index (κ1) is 10.7. The van der Waals surface area contributed by atoms with E-state index in [0.29, 0.717) is 5.78 Å². The normalized spacial score (nSPS) is 11.0. The van der Waals surface area contributed by atoms with Crippen LogP contribution in [-0.2, 0) is 0 Å². The van der Waals surface area contributed by atoms with Gasteiger partial charge >= 0.3 is 0 Å². The Balaban J connectivity index is 2.44. The minimum atomic E-state index is 0.183. The minimum Gasteiger partial charge on any atom is -0.265 e. The van der Waals surface area contributed by atoms with Gasteiger partial charge in [-0.1, -0.05) is 18.2 Å². The summed E-state index contributed by atoms with van der Waals surface area (Å²) in [6.07, 6.45) is 0. The van der Waals surface area contributed by atoms with Crippen molar-refractivity contribution in [1.29, 1.82) is 5.41 Å². The van der Waals surface area contributed by atoms with E-state index in [1.54, 1.807) is 4.68 Å². The molecule has 0 aliphatic heterocycles. The van der Waals surface area contributed by atoms with Gasteiger partial charge in [0.1, 0.15) is 0 Å². The zero-order valence-electron chi connectivity index (χ0n) is 10.3. The van der Waals surface area contributed by atoms with Crippen molar-refractivity contribution in [2.75, 3.05) is 0 Å². The SMILES string of the molecule is Cc1cc(C)n2c(n1)nc(=N)n2-c1ccccc1. The van der Waals surface area contributed by atoms with Gasteiger partial charge in [-0.05, 0) is 32.0 Å². The molecule has 18 heavy (non-hydrogen) atoms. The van der Waals surface area contributed by atoms with Crippen LogP contribution in [0.4, 0.5) is 0 Å². The molecule has 0 spiro atoms. The van der Waals surface area contributed by atoms with Crippen molar-refractivity contribution in [1.82, 2.24) is 19.2 Å². The molecular weight excluding hydrogens is 226 g/mol. The predicted molar refractivity (Wildman–Crippen MR) is 67.6 cm³/mol. The fourth-order valence-electron chi connectivity index (χ4n) is 2.12. The van der Waals surface area contributed by atoms with E-state index in [1.807, 2.05) is 54.8 Å². The maximum Gasteiger partial charge on any atom is 0.253 e. The standard InChI is InChI=1S/C13H13N5/c1-9-8-10(2)17-13(15-9)16-12(14)18(17)11-6-4-3-5-7-11/h3-8,14H,1-2H3. The Kier molecular flexibility index (Phi) is 2.26. The predicted octanol–water partition coefficient (Wildman–Crippen LogP) is 1.62. The number of hydrogen-bond donors (Lipinski definition) is 1. The molecule has 3 rings (SSSR count). The number of nitrogens with zero attached hydrogens (tertiary/aromatic N) is 4. The second-order valence-corrected chi connectivity index (χ2v) is 4.23. The highest BCUT2D eigenvalue weighted by Gasteiger charge is 2.09. The molecule has 1 aromatic carbocycles. The Labute approximate surface area is 104 Å². The van der Waals surface area contributed by atoms with Gasteiger partial charge < -0.3 is 0 Å². The van der Waals surface area contributed by atoms with Gasteiger partial charge in [0.25, 0.3) is 5.78 Å². The molecule has 0 aliphatic carbocycles. The molecule has 1 N–H and O–H groups in total. The summed E-state index contributed by atoms with van der Waals surface area (Å²) >= 11 is 0. The van der Waals surface area contributed by atoms with E-state index in [1.165, 1.54) is 0 Å². The maximum absolute atomic E-state index is 7.99. The van der Waals surface area contributed by atoms with E-state index in [2.05, 4.69) is 9.97 Å². The van der Waals surface area contributed by atoms with Gasteiger partial charge in [0, 0.05) is 11.4 Å². The van der Waals surface area contributed by atoms with Crippen LogP contribution < -0.4 is 5.62 Å². The smallest absolute Gasteiger partial charge is 0.253 e. The summed E-state index contributed by atoms with van der Waals surface area (Å²) in [5.74, 6) is 0.557. The van der Waals surface area contributed by atoms with Crippen LogP contribution in [0.5, 0.6) is 0 Å². The Hall–Kier alpha value is -2.43. The molecule has 3 aromatic rings. The van der Waals surface area contributed by atoms with E-state index in [9.17, 15) is 0 Å². The van der Waals surface area contributed by atoms with Gasteiger partial charge in [0.15, 0.2) is 0 Å².